The monoisotopic (exact) mass is 251 g/mol. The Morgan fingerprint density at radius 3 is 2.83 bits per heavy atom. The van der Waals surface area contributed by atoms with E-state index in [0.29, 0.717) is 18.4 Å². The average molecular weight is 251 g/mol. The number of pyridine rings is 1. The number of hydrogen-bond donors (Lipinski definition) is 2. The number of rotatable bonds is 5. The molecule has 1 aromatic heterocycles. The molecule has 2 N–H and O–H groups in total. The van der Waals surface area contributed by atoms with Crippen LogP contribution in [0, 0.1) is 22.5 Å². The quantitative estimate of drug-likeness (QED) is 0.607. The summed E-state index contributed by atoms with van der Waals surface area (Å²) < 4.78 is 0. The van der Waals surface area contributed by atoms with E-state index in [1.165, 1.54) is 12.3 Å². The summed E-state index contributed by atoms with van der Waals surface area (Å²) in [6.07, 6.45) is 2.69. The first kappa shape index (κ1) is 12.3. The molecule has 0 bridgehead atoms. The Morgan fingerprint density at radius 1 is 1.67 bits per heavy atom. The molecule has 7 nitrogen and oxygen atoms in total. The largest absolute Gasteiger partial charge is 0.481 e. The van der Waals surface area contributed by atoms with Crippen LogP contribution in [0.25, 0.3) is 0 Å². The van der Waals surface area contributed by atoms with Crippen molar-refractivity contribution in [2.24, 2.45) is 5.41 Å². The van der Waals surface area contributed by atoms with Crippen molar-refractivity contribution < 1.29 is 14.8 Å². The molecule has 96 valence electrons. The molecule has 0 radical (unpaired) electrons. The highest BCUT2D eigenvalue weighted by atomic mass is 16.6. The predicted octanol–water partition coefficient (Wildman–Crippen LogP) is 1.57. The Morgan fingerprint density at radius 2 is 2.33 bits per heavy atom. The number of carbonyl (C=O) groups is 1. The molecule has 0 unspecified atom stereocenters. The van der Waals surface area contributed by atoms with E-state index in [-0.39, 0.29) is 18.1 Å². The Balaban J connectivity index is 2.15. The number of aliphatic carboxylic acids is 1. The molecule has 0 amide bonds. The fourth-order valence-corrected chi connectivity index (χ4v) is 1.70. The van der Waals surface area contributed by atoms with Crippen molar-refractivity contribution in [3.8, 4) is 0 Å². The van der Waals surface area contributed by atoms with E-state index in [1.54, 1.807) is 6.92 Å². The third-order valence-corrected chi connectivity index (χ3v) is 3.10. The van der Waals surface area contributed by atoms with Crippen molar-refractivity contribution in [1.82, 2.24) is 4.98 Å². The molecule has 0 aromatic carbocycles. The Labute approximate surface area is 103 Å². The topological polar surface area (TPSA) is 105 Å². The molecular formula is C11H13N3O4. The van der Waals surface area contributed by atoms with Gasteiger partial charge >= 0.3 is 11.7 Å². The van der Waals surface area contributed by atoms with E-state index in [1.807, 2.05) is 0 Å². The summed E-state index contributed by atoms with van der Waals surface area (Å²) in [5.41, 5.74) is -0.219. The van der Waals surface area contributed by atoms with Gasteiger partial charge in [0.05, 0.1) is 10.3 Å². The molecule has 1 saturated carbocycles. The smallest absolute Gasteiger partial charge is 0.311 e. The van der Waals surface area contributed by atoms with Gasteiger partial charge < -0.3 is 10.4 Å². The summed E-state index contributed by atoms with van der Waals surface area (Å²) in [5.74, 6) is -0.747. The van der Waals surface area contributed by atoms with Gasteiger partial charge in [0, 0.05) is 18.8 Å². The highest BCUT2D eigenvalue weighted by molar-refractivity contribution is 5.78. The van der Waals surface area contributed by atoms with Gasteiger partial charge in [-0.25, -0.2) is 4.98 Å². The van der Waals surface area contributed by atoms with Gasteiger partial charge in [-0.1, -0.05) is 0 Å². The van der Waals surface area contributed by atoms with Crippen LogP contribution in [0.4, 0.5) is 11.5 Å². The number of aromatic nitrogens is 1. The number of carboxylic acids is 1. The Bertz CT molecular complexity index is 511. The van der Waals surface area contributed by atoms with Gasteiger partial charge in [-0.15, -0.1) is 0 Å². The van der Waals surface area contributed by atoms with Crippen molar-refractivity contribution in [3.63, 3.8) is 0 Å². The summed E-state index contributed by atoms with van der Waals surface area (Å²) >= 11 is 0. The second-order valence-corrected chi connectivity index (χ2v) is 4.58. The summed E-state index contributed by atoms with van der Waals surface area (Å²) in [4.78, 5) is 25.3. The molecule has 1 aromatic rings. The molecule has 0 aliphatic heterocycles. The van der Waals surface area contributed by atoms with Crippen molar-refractivity contribution in [2.45, 2.75) is 19.8 Å². The number of anilines is 1. The molecule has 0 spiro atoms. The minimum Gasteiger partial charge on any atom is -0.481 e. The van der Waals surface area contributed by atoms with Gasteiger partial charge in [0.25, 0.3) is 0 Å². The molecule has 1 heterocycles. The van der Waals surface area contributed by atoms with Crippen LogP contribution in [-0.4, -0.2) is 27.5 Å². The van der Waals surface area contributed by atoms with Crippen LogP contribution in [0.2, 0.25) is 0 Å². The van der Waals surface area contributed by atoms with Gasteiger partial charge in [0.2, 0.25) is 5.82 Å². The van der Waals surface area contributed by atoms with E-state index in [0.717, 1.165) is 0 Å². The van der Waals surface area contributed by atoms with Crippen LogP contribution in [0.3, 0.4) is 0 Å². The number of aryl methyl sites for hydroxylation is 1. The first-order valence-electron chi connectivity index (χ1n) is 5.53. The van der Waals surface area contributed by atoms with Gasteiger partial charge in [-0.2, -0.15) is 0 Å². The fraction of sp³-hybridized carbons (Fsp3) is 0.455. The second kappa shape index (κ2) is 4.25. The van der Waals surface area contributed by atoms with E-state index < -0.39 is 16.3 Å². The lowest BCUT2D eigenvalue weighted by molar-refractivity contribution is -0.384. The van der Waals surface area contributed by atoms with Gasteiger partial charge in [-0.3, -0.25) is 14.9 Å². The standard InChI is InChI=1S/C11H13N3O4/c1-7-4-8(14(17)18)9(12-5-7)13-6-11(2-3-11)10(15)16/h4-5H,2-3,6H2,1H3,(H,12,13)(H,15,16). The Hall–Kier alpha value is -2.18. The third-order valence-electron chi connectivity index (χ3n) is 3.10. The summed E-state index contributed by atoms with van der Waals surface area (Å²) in [6.45, 7) is 1.88. The van der Waals surface area contributed by atoms with Crippen LogP contribution in [0.1, 0.15) is 18.4 Å². The molecule has 1 fully saturated rings. The number of nitrogens with one attached hydrogen (secondary N) is 1. The third kappa shape index (κ3) is 2.24. The molecule has 1 aliphatic rings. The first-order chi connectivity index (χ1) is 8.44. The molecular weight excluding hydrogens is 238 g/mol. The van der Waals surface area contributed by atoms with E-state index in [2.05, 4.69) is 10.3 Å². The van der Waals surface area contributed by atoms with Crippen LogP contribution < -0.4 is 5.32 Å². The summed E-state index contributed by atoms with van der Waals surface area (Å²) in [7, 11) is 0. The normalized spacial score (nSPS) is 16.1. The first-order valence-corrected chi connectivity index (χ1v) is 5.53. The number of nitrogens with zero attached hydrogens (tertiary/aromatic N) is 2. The highest BCUT2D eigenvalue weighted by Crippen LogP contribution is 2.46. The fourth-order valence-electron chi connectivity index (χ4n) is 1.70. The van der Waals surface area contributed by atoms with E-state index in [4.69, 9.17) is 5.11 Å². The molecule has 0 atom stereocenters. The number of carboxylic acid groups (broad SMARTS) is 1. The van der Waals surface area contributed by atoms with Crippen LogP contribution in [0.15, 0.2) is 12.3 Å². The molecule has 2 rings (SSSR count). The lowest BCUT2D eigenvalue weighted by Gasteiger charge is -2.11. The number of hydrogen-bond acceptors (Lipinski definition) is 5. The van der Waals surface area contributed by atoms with E-state index >= 15 is 0 Å². The molecule has 1 aliphatic carbocycles. The summed E-state index contributed by atoms with van der Waals surface area (Å²) in [5, 5.41) is 22.6. The van der Waals surface area contributed by atoms with Gasteiger partial charge in [-0.05, 0) is 25.3 Å². The van der Waals surface area contributed by atoms with Crippen LogP contribution in [0.5, 0.6) is 0 Å². The van der Waals surface area contributed by atoms with Gasteiger partial charge in [0.15, 0.2) is 0 Å². The predicted molar refractivity (Wildman–Crippen MR) is 63.4 cm³/mol. The van der Waals surface area contributed by atoms with Crippen molar-refractivity contribution in [3.05, 3.63) is 27.9 Å². The lowest BCUT2D eigenvalue weighted by atomic mass is 10.1. The zero-order valence-corrected chi connectivity index (χ0v) is 9.84. The number of nitro groups is 1. The minimum atomic E-state index is -0.871. The zero-order valence-electron chi connectivity index (χ0n) is 9.84. The van der Waals surface area contributed by atoms with Crippen molar-refractivity contribution in [1.29, 1.82) is 0 Å². The maximum Gasteiger partial charge on any atom is 0.311 e. The SMILES string of the molecule is Cc1cnc(NCC2(C(=O)O)CC2)c([N+](=O)[O-])c1. The van der Waals surface area contributed by atoms with Crippen molar-refractivity contribution >= 4 is 17.5 Å². The van der Waals surface area contributed by atoms with Crippen molar-refractivity contribution in [2.75, 3.05) is 11.9 Å². The Kier molecular flexibility index (Phi) is 2.90. The van der Waals surface area contributed by atoms with Crippen LogP contribution in [-0.2, 0) is 4.79 Å². The molecule has 18 heavy (non-hydrogen) atoms. The lowest BCUT2D eigenvalue weighted by Crippen LogP contribution is -2.25. The highest BCUT2D eigenvalue weighted by Gasteiger charge is 2.50. The van der Waals surface area contributed by atoms with Gasteiger partial charge in [0.1, 0.15) is 0 Å². The maximum atomic E-state index is 11.0. The average Bonchev–Trinajstić information content (AvgIpc) is 3.08. The molecule has 0 saturated heterocycles. The molecule has 7 heteroatoms. The van der Waals surface area contributed by atoms with E-state index in [9.17, 15) is 14.9 Å². The second-order valence-electron chi connectivity index (χ2n) is 4.58. The minimum absolute atomic E-state index is 0.123. The maximum absolute atomic E-state index is 11.0. The summed E-state index contributed by atoms with van der Waals surface area (Å²) in [6, 6.07) is 1.41. The zero-order chi connectivity index (χ0) is 13.3. The van der Waals surface area contributed by atoms with Crippen LogP contribution >= 0.6 is 0 Å².